The maximum absolute atomic E-state index is 11.4. The van der Waals surface area contributed by atoms with Crippen LogP contribution in [-0.2, 0) is 0 Å². The first-order valence-corrected chi connectivity index (χ1v) is 4.18. The Labute approximate surface area is 80.1 Å². The van der Waals surface area contributed by atoms with E-state index in [1.165, 1.54) is 12.3 Å². The van der Waals surface area contributed by atoms with Gasteiger partial charge in [0.05, 0.1) is 11.0 Å². The number of hydrogen-bond donors (Lipinski definition) is 2. The predicted molar refractivity (Wildman–Crippen MR) is 55.6 cm³/mol. The average Bonchev–Trinajstić information content (AvgIpc) is 2.19. The van der Waals surface area contributed by atoms with E-state index in [0.29, 0.717) is 5.69 Å². The fourth-order valence-corrected chi connectivity index (χ4v) is 1.25. The van der Waals surface area contributed by atoms with Gasteiger partial charge >= 0.3 is 0 Å². The van der Waals surface area contributed by atoms with Gasteiger partial charge in [-0.2, -0.15) is 0 Å². The van der Waals surface area contributed by atoms with Crippen LogP contribution in [0, 0.1) is 0 Å². The highest BCUT2D eigenvalue weighted by molar-refractivity contribution is 5.74. The fraction of sp³-hybridized carbons (Fsp3) is 0. The molecule has 0 amide bonds. The molecule has 0 radical (unpaired) electrons. The van der Waals surface area contributed by atoms with Crippen LogP contribution in [-0.4, -0.2) is 9.97 Å². The smallest absolute Gasteiger partial charge is 0.274 e. The summed E-state index contributed by atoms with van der Waals surface area (Å²) >= 11 is 0. The van der Waals surface area contributed by atoms with Crippen LogP contribution in [0.15, 0.2) is 35.3 Å². The summed E-state index contributed by atoms with van der Waals surface area (Å²) in [6.07, 6.45) is 2.78. The number of fused-ring (bicyclic) bond motifs is 1. The molecule has 0 aliphatic rings. The SMILES string of the molecule is NC=Cc1nc2ccccc2[nH]c1=O. The number of aromatic amines is 1. The summed E-state index contributed by atoms with van der Waals surface area (Å²) in [4.78, 5) is 18.3. The summed E-state index contributed by atoms with van der Waals surface area (Å²) in [6, 6.07) is 7.35. The van der Waals surface area contributed by atoms with Crippen molar-refractivity contribution in [2.75, 3.05) is 0 Å². The summed E-state index contributed by atoms with van der Waals surface area (Å²) in [7, 11) is 0. The van der Waals surface area contributed by atoms with Gasteiger partial charge in [-0.3, -0.25) is 4.79 Å². The maximum atomic E-state index is 11.4. The van der Waals surface area contributed by atoms with Gasteiger partial charge in [-0.15, -0.1) is 0 Å². The first-order valence-electron chi connectivity index (χ1n) is 4.18. The second-order valence-electron chi connectivity index (χ2n) is 2.83. The summed E-state index contributed by atoms with van der Waals surface area (Å²) in [6.45, 7) is 0. The van der Waals surface area contributed by atoms with Crippen LogP contribution in [0.25, 0.3) is 17.1 Å². The van der Waals surface area contributed by atoms with E-state index in [9.17, 15) is 4.79 Å². The van der Waals surface area contributed by atoms with E-state index < -0.39 is 0 Å². The normalized spacial score (nSPS) is 11.1. The molecule has 1 aromatic carbocycles. The minimum absolute atomic E-state index is 0.231. The minimum atomic E-state index is -0.231. The predicted octanol–water partition coefficient (Wildman–Crippen LogP) is 0.853. The van der Waals surface area contributed by atoms with Gasteiger partial charge in [0, 0.05) is 0 Å². The zero-order valence-electron chi connectivity index (χ0n) is 7.40. The van der Waals surface area contributed by atoms with Crippen LogP contribution < -0.4 is 11.3 Å². The van der Waals surface area contributed by atoms with Gasteiger partial charge < -0.3 is 10.7 Å². The molecule has 4 heteroatoms. The first-order chi connectivity index (χ1) is 6.81. The average molecular weight is 187 g/mol. The van der Waals surface area contributed by atoms with Crippen molar-refractivity contribution >= 4 is 17.1 Å². The lowest BCUT2D eigenvalue weighted by molar-refractivity contribution is 1.19. The Morgan fingerprint density at radius 1 is 1.36 bits per heavy atom. The Bertz CT molecular complexity index is 542. The van der Waals surface area contributed by atoms with Gasteiger partial charge in [0.1, 0.15) is 5.69 Å². The molecule has 0 saturated heterocycles. The molecule has 0 unspecified atom stereocenters. The molecule has 0 aliphatic heterocycles. The quantitative estimate of drug-likeness (QED) is 0.695. The molecule has 1 aromatic heterocycles. The lowest BCUT2D eigenvalue weighted by Crippen LogP contribution is -2.11. The van der Waals surface area contributed by atoms with Crippen LogP contribution in [0.2, 0.25) is 0 Å². The Morgan fingerprint density at radius 2 is 2.14 bits per heavy atom. The van der Waals surface area contributed by atoms with Crippen molar-refractivity contribution in [3.05, 3.63) is 46.5 Å². The first kappa shape index (κ1) is 8.50. The summed E-state index contributed by atoms with van der Waals surface area (Å²) in [5, 5.41) is 0. The largest absolute Gasteiger partial charge is 0.405 e. The van der Waals surface area contributed by atoms with Gasteiger partial charge in [0.25, 0.3) is 5.56 Å². The number of benzene rings is 1. The number of para-hydroxylation sites is 2. The summed E-state index contributed by atoms with van der Waals surface area (Å²) in [5.41, 5.74) is 6.77. The molecule has 2 rings (SSSR count). The van der Waals surface area contributed by atoms with Crippen molar-refractivity contribution in [2.24, 2.45) is 5.73 Å². The number of rotatable bonds is 1. The molecule has 0 atom stereocenters. The molecule has 14 heavy (non-hydrogen) atoms. The zero-order valence-corrected chi connectivity index (χ0v) is 7.40. The Kier molecular flexibility index (Phi) is 2.02. The number of aromatic nitrogens is 2. The lowest BCUT2D eigenvalue weighted by Gasteiger charge is -1.97. The van der Waals surface area contributed by atoms with Gasteiger partial charge in [0.2, 0.25) is 0 Å². The van der Waals surface area contributed by atoms with Crippen molar-refractivity contribution in [3.63, 3.8) is 0 Å². The molecule has 0 bridgehead atoms. The zero-order chi connectivity index (χ0) is 9.97. The van der Waals surface area contributed by atoms with Crippen LogP contribution in [0.3, 0.4) is 0 Å². The van der Waals surface area contributed by atoms with Crippen LogP contribution in [0.1, 0.15) is 5.69 Å². The van der Waals surface area contributed by atoms with Crippen LogP contribution in [0.4, 0.5) is 0 Å². The maximum Gasteiger partial charge on any atom is 0.274 e. The number of H-pyrrole nitrogens is 1. The monoisotopic (exact) mass is 187 g/mol. The van der Waals surface area contributed by atoms with Crippen LogP contribution in [0.5, 0.6) is 0 Å². The van der Waals surface area contributed by atoms with E-state index in [1.54, 1.807) is 6.07 Å². The number of nitrogens with one attached hydrogen (secondary N) is 1. The van der Waals surface area contributed by atoms with Crippen molar-refractivity contribution in [2.45, 2.75) is 0 Å². The van der Waals surface area contributed by atoms with E-state index in [4.69, 9.17) is 5.73 Å². The molecule has 3 N–H and O–H groups in total. The number of nitrogens with zero attached hydrogens (tertiary/aromatic N) is 1. The third-order valence-electron chi connectivity index (χ3n) is 1.88. The minimum Gasteiger partial charge on any atom is -0.405 e. The molecule has 0 spiro atoms. The molecule has 0 aliphatic carbocycles. The van der Waals surface area contributed by atoms with E-state index in [-0.39, 0.29) is 5.56 Å². The van der Waals surface area contributed by atoms with Crippen molar-refractivity contribution in [1.29, 1.82) is 0 Å². The molecule has 2 aromatic rings. The third-order valence-corrected chi connectivity index (χ3v) is 1.88. The van der Waals surface area contributed by atoms with Crippen molar-refractivity contribution in [3.8, 4) is 0 Å². The molecule has 4 nitrogen and oxygen atoms in total. The fourth-order valence-electron chi connectivity index (χ4n) is 1.25. The lowest BCUT2D eigenvalue weighted by atomic mass is 10.3. The number of nitrogens with two attached hydrogens (primary N) is 1. The van der Waals surface area contributed by atoms with Crippen molar-refractivity contribution < 1.29 is 0 Å². The standard InChI is InChI=1S/C10H9N3O/c11-6-5-9-10(14)13-8-4-2-1-3-7(8)12-9/h1-6H,11H2,(H,13,14). The topological polar surface area (TPSA) is 71.8 Å². The van der Waals surface area contributed by atoms with Crippen LogP contribution >= 0.6 is 0 Å². The third kappa shape index (κ3) is 1.37. The highest BCUT2D eigenvalue weighted by Gasteiger charge is 1.99. The van der Waals surface area contributed by atoms with Gasteiger partial charge in [-0.05, 0) is 24.4 Å². The van der Waals surface area contributed by atoms with E-state index in [1.807, 2.05) is 18.2 Å². The summed E-state index contributed by atoms with van der Waals surface area (Å²) < 4.78 is 0. The molecule has 0 saturated carbocycles. The van der Waals surface area contributed by atoms with Crippen molar-refractivity contribution in [1.82, 2.24) is 9.97 Å². The van der Waals surface area contributed by atoms with Gasteiger partial charge in [0.15, 0.2) is 0 Å². The summed E-state index contributed by atoms with van der Waals surface area (Å²) in [5.74, 6) is 0. The van der Waals surface area contributed by atoms with Gasteiger partial charge in [-0.1, -0.05) is 12.1 Å². The van der Waals surface area contributed by atoms with E-state index in [2.05, 4.69) is 9.97 Å². The number of hydrogen-bond acceptors (Lipinski definition) is 3. The molecule has 70 valence electrons. The van der Waals surface area contributed by atoms with E-state index in [0.717, 1.165) is 11.0 Å². The highest BCUT2D eigenvalue weighted by atomic mass is 16.1. The Morgan fingerprint density at radius 3 is 2.93 bits per heavy atom. The second-order valence-corrected chi connectivity index (χ2v) is 2.83. The molecule has 0 fully saturated rings. The molecular weight excluding hydrogens is 178 g/mol. The Balaban J connectivity index is 2.77. The highest BCUT2D eigenvalue weighted by Crippen LogP contribution is 2.05. The molecular formula is C10H9N3O. The molecule has 1 heterocycles. The van der Waals surface area contributed by atoms with Gasteiger partial charge in [-0.25, -0.2) is 4.98 Å². The second kappa shape index (κ2) is 3.33. The Hall–Kier alpha value is -2.10. The van der Waals surface area contributed by atoms with E-state index >= 15 is 0 Å².